The zero-order valence-corrected chi connectivity index (χ0v) is 23.5. The first-order valence-electron chi connectivity index (χ1n) is 13.3. The molecule has 1 aliphatic rings. The van der Waals surface area contributed by atoms with Crippen LogP contribution >= 0.6 is 11.6 Å². The van der Waals surface area contributed by atoms with Crippen molar-refractivity contribution in [2.24, 2.45) is 0 Å². The van der Waals surface area contributed by atoms with Crippen molar-refractivity contribution in [1.29, 1.82) is 0 Å². The Labute approximate surface area is 250 Å². The number of ether oxygens (including phenoxy) is 3. The van der Waals surface area contributed by atoms with Crippen molar-refractivity contribution in [2.45, 2.75) is 50.7 Å². The Morgan fingerprint density at radius 1 is 0.930 bits per heavy atom. The summed E-state index contributed by atoms with van der Waals surface area (Å²) in [6.45, 7) is 1.48. The van der Waals surface area contributed by atoms with E-state index in [0.29, 0.717) is 38.3 Å². The number of aromatic hydroxyl groups is 1. The molecule has 1 fully saturated rings. The molecule has 0 amide bonds. The minimum Gasteiger partial charge on any atom is -0.508 e. The van der Waals surface area contributed by atoms with Crippen LogP contribution in [-0.4, -0.2) is 73.5 Å². The topological polar surface area (TPSA) is 165 Å². The third-order valence-electron chi connectivity index (χ3n) is 7.21. The van der Waals surface area contributed by atoms with E-state index in [1.807, 2.05) is 0 Å². The number of aliphatic hydroxyl groups excluding tert-OH is 3. The lowest BCUT2D eigenvalue weighted by Crippen LogP contribution is -2.61. The van der Waals surface area contributed by atoms with Gasteiger partial charge < -0.3 is 34.6 Å². The van der Waals surface area contributed by atoms with Gasteiger partial charge in [0, 0.05) is 21.7 Å². The molecule has 0 aliphatic carbocycles. The van der Waals surface area contributed by atoms with E-state index in [1.54, 1.807) is 61.5 Å². The Kier molecular flexibility index (Phi) is 8.81. The number of aliphatic hydroxyl groups is 3. The van der Waals surface area contributed by atoms with Crippen molar-refractivity contribution in [3.05, 3.63) is 100 Å². The number of halogens is 1. The second-order valence-corrected chi connectivity index (χ2v) is 10.5. The van der Waals surface area contributed by atoms with Crippen molar-refractivity contribution in [1.82, 2.24) is 4.57 Å². The minimum absolute atomic E-state index is 0.0989. The number of aromatic nitrogens is 1. The molecule has 0 spiro atoms. The maximum Gasteiger partial charge on any atom is 0.338 e. The summed E-state index contributed by atoms with van der Waals surface area (Å²) in [6, 6.07) is 19.3. The predicted molar refractivity (Wildman–Crippen MR) is 152 cm³/mol. The van der Waals surface area contributed by atoms with E-state index in [2.05, 4.69) is 0 Å². The lowest BCUT2D eigenvalue weighted by Gasteiger charge is -2.38. The van der Waals surface area contributed by atoms with Crippen molar-refractivity contribution in [3.63, 3.8) is 0 Å². The van der Waals surface area contributed by atoms with Crippen LogP contribution < -0.4 is 0 Å². The van der Waals surface area contributed by atoms with Gasteiger partial charge in [-0.3, -0.25) is 14.2 Å². The van der Waals surface area contributed by atoms with Crippen molar-refractivity contribution >= 4 is 40.3 Å². The van der Waals surface area contributed by atoms with E-state index in [1.165, 1.54) is 22.8 Å². The summed E-state index contributed by atoms with van der Waals surface area (Å²) in [5.41, 5.74) is 2.16. The summed E-state index contributed by atoms with van der Waals surface area (Å²) < 4.78 is 17.3. The highest BCUT2D eigenvalue weighted by Gasteiger charge is 2.49. The molecule has 12 heteroatoms. The van der Waals surface area contributed by atoms with Crippen LogP contribution in [0.25, 0.3) is 10.9 Å². The molecule has 1 saturated heterocycles. The van der Waals surface area contributed by atoms with E-state index in [4.69, 9.17) is 25.8 Å². The number of carbonyl (C=O) groups excluding carboxylic acids is 3. The molecule has 43 heavy (non-hydrogen) atoms. The molecule has 1 aliphatic heterocycles. The molecule has 1 aromatic heterocycles. The normalized spacial score (nSPS) is 21.8. The summed E-state index contributed by atoms with van der Waals surface area (Å²) in [7, 11) is 0. The lowest BCUT2D eigenvalue weighted by atomic mass is 9.99. The maximum absolute atomic E-state index is 13.4. The van der Waals surface area contributed by atoms with Gasteiger partial charge in [-0.1, -0.05) is 41.9 Å². The van der Waals surface area contributed by atoms with Gasteiger partial charge in [0.2, 0.25) is 6.29 Å². The number of hydrogen-bond donors (Lipinski definition) is 4. The van der Waals surface area contributed by atoms with Crippen LogP contribution in [0.5, 0.6) is 5.75 Å². The van der Waals surface area contributed by atoms with E-state index in [0.717, 1.165) is 0 Å². The fraction of sp³-hybridized carbons (Fsp3) is 0.258. The second kappa shape index (κ2) is 12.5. The Hall–Kier alpha value is -4.26. The van der Waals surface area contributed by atoms with Crippen LogP contribution in [-0.2, 0) is 36.8 Å². The fourth-order valence-electron chi connectivity index (χ4n) is 4.94. The monoisotopic (exact) mass is 609 g/mol. The molecule has 4 N–H and O–H groups in total. The number of nitrogens with zero attached hydrogens (tertiary/aromatic N) is 1. The van der Waals surface area contributed by atoms with Gasteiger partial charge in [-0.25, -0.2) is 4.79 Å². The smallest absolute Gasteiger partial charge is 0.338 e. The highest BCUT2D eigenvalue weighted by molar-refractivity contribution is 6.30. The Balaban J connectivity index is 1.35. The van der Waals surface area contributed by atoms with Gasteiger partial charge in [-0.2, -0.15) is 0 Å². The van der Waals surface area contributed by atoms with E-state index in [-0.39, 0.29) is 12.4 Å². The number of hydrogen-bond acceptors (Lipinski definition) is 10. The van der Waals surface area contributed by atoms with Crippen LogP contribution in [0.3, 0.4) is 0 Å². The van der Waals surface area contributed by atoms with E-state index < -0.39 is 55.0 Å². The van der Waals surface area contributed by atoms with Gasteiger partial charge in [0.1, 0.15) is 30.7 Å². The minimum atomic E-state index is -1.89. The Morgan fingerprint density at radius 2 is 1.63 bits per heavy atom. The van der Waals surface area contributed by atoms with Gasteiger partial charge >= 0.3 is 11.9 Å². The summed E-state index contributed by atoms with van der Waals surface area (Å²) >= 11 is 5.96. The number of phenolic OH excluding ortho intramolecular Hbond substituents is 1. The van der Waals surface area contributed by atoms with Crippen molar-refractivity contribution in [2.75, 3.05) is 0 Å². The largest absolute Gasteiger partial charge is 0.508 e. The first kappa shape index (κ1) is 30.2. The van der Waals surface area contributed by atoms with Crippen LogP contribution in [0.4, 0.5) is 0 Å². The summed E-state index contributed by atoms with van der Waals surface area (Å²) in [5, 5.41) is 42.2. The summed E-state index contributed by atoms with van der Waals surface area (Å²) in [4.78, 5) is 39.2. The van der Waals surface area contributed by atoms with E-state index >= 15 is 0 Å². The van der Waals surface area contributed by atoms with Crippen molar-refractivity contribution in [3.8, 4) is 5.75 Å². The van der Waals surface area contributed by atoms with Gasteiger partial charge in [-0.05, 0) is 60.5 Å². The number of rotatable bonds is 7. The second-order valence-electron chi connectivity index (χ2n) is 10.1. The molecule has 2 heterocycles. The molecule has 0 unspecified atom stereocenters. The molecule has 5 rings (SSSR count). The average molecular weight is 610 g/mol. The molecule has 224 valence electrons. The van der Waals surface area contributed by atoms with Crippen molar-refractivity contribution < 1.29 is 49.0 Å². The molecule has 3 aromatic carbocycles. The highest BCUT2D eigenvalue weighted by Crippen LogP contribution is 2.31. The quantitative estimate of drug-likeness (QED) is 0.229. The lowest BCUT2D eigenvalue weighted by molar-refractivity contribution is -0.287. The Morgan fingerprint density at radius 3 is 2.33 bits per heavy atom. The summed E-state index contributed by atoms with van der Waals surface area (Å²) in [6.07, 6.45) is -9.62. The van der Waals surface area contributed by atoms with Gasteiger partial charge in [0.15, 0.2) is 6.10 Å². The fourth-order valence-corrected chi connectivity index (χ4v) is 5.07. The molecule has 0 saturated carbocycles. The van der Waals surface area contributed by atoms with E-state index in [9.17, 15) is 34.8 Å². The molecule has 0 radical (unpaired) electrons. The zero-order valence-electron chi connectivity index (χ0n) is 22.8. The number of benzene rings is 3. The molecular weight excluding hydrogens is 582 g/mol. The molecular formula is C31H28ClNO10. The maximum atomic E-state index is 13.4. The van der Waals surface area contributed by atoms with Gasteiger partial charge in [0.05, 0.1) is 11.9 Å². The van der Waals surface area contributed by atoms with Crippen LogP contribution in [0.2, 0.25) is 5.02 Å². The number of carbonyl (C=O) groups is 3. The highest BCUT2D eigenvalue weighted by atomic mass is 35.5. The predicted octanol–water partition coefficient (Wildman–Crippen LogP) is 2.63. The molecule has 4 aromatic rings. The van der Waals surface area contributed by atoms with Crippen LogP contribution in [0, 0.1) is 6.92 Å². The first-order chi connectivity index (χ1) is 20.5. The van der Waals surface area contributed by atoms with Crippen LogP contribution in [0.1, 0.15) is 27.2 Å². The molecule has 5 atom stereocenters. The number of phenols is 1. The average Bonchev–Trinajstić information content (AvgIpc) is 3.26. The Bertz CT molecular complexity index is 1650. The SMILES string of the molecule is Cc1c(CC(=O)O[C@@H]2O[C@H](C(=O)OCc3ccccc3)[C@@H](O)[C@H](O)[C@H]2O)c2cc(O)ccc2n1C(=O)c1ccc(Cl)cc1. The molecule has 11 nitrogen and oxygen atoms in total. The third-order valence-corrected chi connectivity index (χ3v) is 7.46. The first-order valence-corrected chi connectivity index (χ1v) is 13.7. The molecule has 0 bridgehead atoms. The standard InChI is InChI=1S/C31H28ClNO10/c1-16-21(22-13-20(34)11-12-23(22)33(16)29(39)18-7-9-19(32)10-8-18)14-24(35)42-31-27(38)25(36)26(37)28(43-31)30(40)41-15-17-5-3-2-4-6-17/h2-13,25-28,31,34,36-38H,14-15H2,1H3/t25-,26-,27+,28-,31+/m0/s1. The van der Waals surface area contributed by atoms with Crippen LogP contribution in [0.15, 0.2) is 72.8 Å². The number of fused-ring (bicyclic) bond motifs is 1. The zero-order chi connectivity index (χ0) is 30.8. The van der Waals surface area contributed by atoms with Gasteiger partial charge in [-0.15, -0.1) is 0 Å². The third kappa shape index (κ3) is 6.26. The van der Waals surface area contributed by atoms with Gasteiger partial charge in [0.25, 0.3) is 5.91 Å². The number of esters is 2. The summed E-state index contributed by atoms with van der Waals surface area (Å²) in [5.74, 6) is -2.46.